The third-order valence-electron chi connectivity index (χ3n) is 3.78. The van der Waals surface area contributed by atoms with Crippen LogP contribution in [0.1, 0.15) is 26.7 Å². The van der Waals surface area contributed by atoms with E-state index in [4.69, 9.17) is 11.6 Å². The van der Waals surface area contributed by atoms with E-state index in [2.05, 4.69) is 23.7 Å². The lowest BCUT2D eigenvalue weighted by Gasteiger charge is -2.34. The van der Waals surface area contributed by atoms with Gasteiger partial charge in [0.25, 0.3) is 5.69 Å². The second-order valence-electron chi connectivity index (χ2n) is 5.33. The Hall–Kier alpha value is -1.36. The van der Waals surface area contributed by atoms with Crippen molar-refractivity contribution in [3.8, 4) is 0 Å². The summed E-state index contributed by atoms with van der Waals surface area (Å²) in [5.74, 6) is 2.02. The maximum Gasteiger partial charge on any atom is 0.276 e. The summed E-state index contributed by atoms with van der Waals surface area (Å²) < 4.78 is 0. The van der Waals surface area contributed by atoms with E-state index >= 15 is 0 Å². The number of pyridine rings is 1. The molecule has 6 heteroatoms. The van der Waals surface area contributed by atoms with Crippen molar-refractivity contribution in [3.05, 3.63) is 27.4 Å². The Kier molecular flexibility index (Phi) is 4.24. The molecule has 1 aliphatic rings. The van der Waals surface area contributed by atoms with Gasteiger partial charge in [-0.3, -0.25) is 10.1 Å². The van der Waals surface area contributed by atoms with Crippen LogP contribution in [-0.2, 0) is 0 Å². The Balaban J connectivity index is 2.13. The van der Waals surface area contributed by atoms with Crippen molar-refractivity contribution in [2.24, 2.45) is 11.8 Å². The molecular formula is C13H18ClN3O2. The molecule has 1 fully saturated rings. The summed E-state index contributed by atoms with van der Waals surface area (Å²) in [6.45, 7) is 6.24. The zero-order valence-corrected chi connectivity index (χ0v) is 11.9. The molecule has 0 spiro atoms. The Morgan fingerprint density at radius 3 is 2.58 bits per heavy atom. The summed E-state index contributed by atoms with van der Waals surface area (Å²) >= 11 is 5.85. The lowest BCUT2D eigenvalue weighted by atomic mass is 9.87. The smallest absolute Gasteiger partial charge is 0.276 e. The van der Waals surface area contributed by atoms with Crippen LogP contribution in [-0.4, -0.2) is 23.0 Å². The molecule has 1 aromatic rings. The lowest BCUT2D eigenvalue weighted by Crippen LogP contribution is -2.35. The molecule has 0 aliphatic carbocycles. The average molecular weight is 284 g/mol. The zero-order valence-electron chi connectivity index (χ0n) is 11.2. The molecule has 0 bridgehead atoms. The molecule has 5 nitrogen and oxygen atoms in total. The third-order valence-corrected chi connectivity index (χ3v) is 3.98. The van der Waals surface area contributed by atoms with Gasteiger partial charge in [0, 0.05) is 13.1 Å². The van der Waals surface area contributed by atoms with Crippen LogP contribution in [0.2, 0.25) is 5.15 Å². The largest absolute Gasteiger partial charge is 0.356 e. The van der Waals surface area contributed by atoms with Crippen molar-refractivity contribution >= 4 is 23.1 Å². The molecule has 0 aromatic carbocycles. The first-order valence-corrected chi connectivity index (χ1v) is 6.92. The molecule has 0 saturated carbocycles. The maximum absolute atomic E-state index is 10.8. The molecule has 1 aromatic heterocycles. The van der Waals surface area contributed by atoms with Gasteiger partial charge in [-0.25, -0.2) is 4.98 Å². The molecule has 1 aliphatic heterocycles. The van der Waals surface area contributed by atoms with Gasteiger partial charge in [0.1, 0.15) is 11.0 Å². The van der Waals surface area contributed by atoms with E-state index in [1.807, 2.05) is 0 Å². The highest BCUT2D eigenvalue weighted by molar-refractivity contribution is 6.29. The van der Waals surface area contributed by atoms with E-state index in [0.717, 1.165) is 31.8 Å². The van der Waals surface area contributed by atoms with Crippen molar-refractivity contribution in [3.63, 3.8) is 0 Å². The number of anilines is 1. The minimum atomic E-state index is -0.433. The monoisotopic (exact) mass is 283 g/mol. The zero-order chi connectivity index (χ0) is 14.0. The van der Waals surface area contributed by atoms with Crippen LogP contribution in [0, 0.1) is 22.0 Å². The number of rotatable bonds is 3. The Labute approximate surface area is 117 Å². The van der Waals surface area contributed by atoms with E-state index in [9.17, 15) is 10.1 Å². The Morgan fingerprint density at radius 1 is 1.42 bits per heavy atom. The molecule has 19 heavy (non-hydrogen) atoms. The van der Waals surface area contributed by atoms with Gasteiger partial charge >= 0.3 is 0 Å². The van der Waals surface area contributed by atoms with Crippen LogP contribution in [0.15, 0.2) is 12.1 Å². The standard InChI is InChI=1S/C13H18ClN3O2/c1-9(2)10-3-5-16(6-4-10)13-8-11(17(18)19)7-12(14)15-13/h7-10H,3-6H2,1-2H3. The first kappa shape index (κ1) is 14.1. The van der Waals surface area contributed by atoms with Crippen molar-refractivity contribution in [1.29, 1.82) is 0 Å². The predicted octanol–water partition coefficient (Wildman–Crippen LogP) is 3.52. The van der Waals surface area contributed by atoms with E-state index in [1.165, 1.54) is 12.1 Å². The number of hydrogen-bond donors (Lipinski definition) is 0. The number of nitro groups is 1. The average Bonchev–Trinajstić information content (AvgIpc) is 2.38. The lowest BCUT2D eigenvalue weighted by molar-refractivity contribution is -0.384. The van der Waals surface area contributed by atoms with Gasteiger partial charge in [0.2, 0.25) is 0 Å². The summed E-state index contributed by atoms with van der Waals surface area (Å²) in [4.78, 5) is 16.7. The molecule has 0 radical (unpaired) electrons. The van der Waals surface area contributed by atoms with Crippen molar-refractivity contribution < 1.29 is 4.92 Å². The van der Waals surface area contributed by atoms with Gasteiger partial charge in [0.15, 0.2) is 0 Å². The van der Waals surface area contributed by atoms with Gasteiger partial charge in [-0.2, -0.15) is 0 Å². The van der Waals surface area contributed by atoms with Crippen LogP contribution >= 0.6 is 11.6 Å². The summed E-state index contributed by atoms with van der Waals surface area (Å²) in [5, 5.41) is 11.0. The van der Waals surface area contributed by atoms with Crippen LogP contribution in [0.4, 0.5) is 11.5 Å². The quantitative estimate of drug-likeness (QED) is 0.484. The van der Waals surface area contributed by atoms with Gasteiger partial charge in [0.05, 0.1) is 17.1 Å². The first-order chi connectivity index (χ1) is 8.97. The third kappa shape index (κ3) is 3.35. The molecular weight excluding hydrogens is 266 g/mol. The number of hydrogen-bond acceptors (Lipinski definition) is 4. The second-order valence-corrected chi connectivity index (χ2v) is 5.72. The predicted molar refractivity (Wildman–Crippen MR) is 75.7 cm³/mol. The fourth-order valence-electron chi connectivity index (χ4n) is 2.53. The fourth-order valence-corrected chi connectivity index (χ4v) is 2.73. The molecule has 0 amide bonds. The molecule has 2 heterocycles. The van der Waals surface area contributed by atoms with Crippen molar-refractivity contribution in [2.75, 3.05) is 18.0 Å². The second kappa shape index (κ2) is 5.74. The van der Waals surface area contributed by atoms with E-state index < -0.39 is 4.92 Å². The maximum atomic E-state index is 10.8. The minimum Gasteiger partial charge on any atom is -0.356 e. The Bertz CT molecular complexity index is 471. The molecule has 2 rings (SSSR count). The summed E-state index contributed by atoms with van der Waals surface area (Å²) in [5.41, 5.74) is 0.000910. The summed E-state index contributed by atoms with van der Waals surface area (Å²) in [7, 11) is 0. The summed E-state index contributed by atoms with van der Waals surface area (Å²) in [6.07, 6.45) is 2.19. The molecule has 0 N–H and O–H groups in total. The molecule has 0 atom stereocenters. The van der Waals surface area contributed by atoms with Gasteiger partial charge < -0.3 is 4.90 Å². The van der Waals surface area contributed by atoms with E-state index in [-0.39, 0.29) is 10.8 Å². The van der Waals surface area contributed by atoms with E-state index in [0.29, 0.717) is 11.7 Å². The number of nitrogens with zero attached hydrogens (tertiary/aromatic N) is 3. The minimum absolute atomic E-state index is 0.000910. The van der Waals surface area contributed by atoms with Gasteiger partial charge in [-0.05, 0) is 24.7 Å². The van der Waals surface area contributed by atoms with Crippen LogP contribution in [0.3, 0.4) is 0 Å². The number of halogens is 1. The van der Waals surface area contributed by atoms with Crippen LogP contribution < -0.4 is 4.90 Å². The number of piperidine rings is 1. The molecule has 104 valence electrons. The van der Waals surface area contributed by atoms with Crippen LogP contribution in [0.25, 0.3) is 0 Å². The molecule has 0 unspecified atom stereocenters. The highest BCUT2D eigenvalue weighted by Crippen LogP contribution is 2.29. The molecule has 1 saturated heterocycles. The summed E-state index contributed by atoms with van der Waals surface area (Å²) in [6, 6.07) is 2.79. The van der Waals surface area contributed by atoms with Crippen molar-refractivity contribution in [2.45, 2.75) is 26.7 Å². The Morgan fingerprint density at radius 2 is 2.05 bits per heavy atom. The highest BCUT2D eigenvalue weighted by atomic mass is 35.5. The van der Waals surface area contributed by atoms with Gasteiger partial charge in [-0.1, -0.05) is 25.4 Å². The van der Waals surface area contributed by atoms with Crippen molar-refractivity contribution in [1.82, 2.24) is 4.98 Å². The number of aromatic nitrogens is 1. The van der Waals surface area contributed by atoms with E-state index in [1.54, 1.807) is 0 Å². The normalized spacial score (nSPS) is 16.9. The highest BCUT2D eigenvalue weighted by Gasteiger charge is 2.23. The fraction of sp³-hybridized carbons (Fsp3) is 0.615. The topological polar surface area (TPSA) is 59.3 Å². The van der Waals surface area contributed by atoms with Crippen LogP contribution in [0.5, 0.6) is 0 Å². The SMILES string of the molecule is CC(C)C1CCN(c2cc([N+](=O)[O-])cc(Cl)n2)CC1. The first-order valence-electron chi connectivity index (χ1n) is 6.54. The van der Waals surface area contributed by atoms with Gasteiger partial charge in [-0.15, -0.1) is 0 Å².